The van der Waals surface area contributed by atoms with Crippen LogP contribution in [0, 0.1) is 6.92 Å². The molecule has 5 rings (SSSR count). The van der Waals surface area contributed by atoms with Crippen LogP contribution >= 0.6 is 47.2 Å². The van der Waals surface area contributed by atoms with Gasteiger partial charge < -0.3 is 0 Å². The molecular formula is C23H16Cl2N4S2. The summed E-state index contributed by atoms with van der Waals surface area (Å²) in [5.41, 5.74) is 3.97. The number of halogens is 2. The van der Waals surface area contributed by atoms with Crippen LogP contribution in [0.3, 0.4) is 0 Å². The van der Waals surface area contributed by atoms with Crippen molar-refractivity contribution < 1.29 is 0 Å². The first-order valence-corrected chi connectivity index (χ1v) is 11.5. The number of nitrogens with zero attached hydrogens (tertiary/aromatic N) is 4. The average Bonchev–Trinajstić information content (AvgIpc) is 3.19. The van der Waals surface area contributed by atoms with Crippen molar-refractivity contribution in [2.45, 2.75) is 13.1 Å². The molecule has 2 aliphatic rings. The van der Waals surface area contributed by atoms with Crippen molar-refractivity contribution >= 4 is 68.2 Å². The summed E-state index contributed by atoms with van der Waals surface area (Å²) >= 11 is 20.1. The number of aryl methyl sites for hydroxylation is 1. The summed E-state index contributed by atoms with van der Waals surface area (Å²) in [5, 5.41) is 9.75. The highest BCUT2D eigenvalue weighted by atomic mass is 35.5. The summed E-state index contributed by atoms with van der Waals surface area (Å²) < 4.78 is 0. The van der Waals surface area contributed by atoms with Crippen LogP contribution in [0.1, 0.15) is 22.9 Å². The molecule has 0 amide bonds. The minimum absolute atomic E-state index is 0.425. The number of hydrazone groups is 1. The predicted molar refractivity (Wildman–Crippen MR) is 135 cm³/mol. The Morgan fingerprint density at radius 2 is 1.71 bits per heavy atom. The molecule has 0 saturated heterocycles. The van der Waals surface area contributed by atoms with E-state index in [0.717, 1.165) is 27.0 Å². The van der Waals surface area contributed by atoms with Gasteiger partial charge in [0.25, 0.3) is 0 Å². The van der Waals surface area contributed by atoms with Gasteiger partial charge in [-0.3, -0.25) is 4.90 Å². The van der Waals surface area contributed by atoms with Gasteiger partial charge in [-0.25, -0.2) is 4.99 Å². The highest BCUT2D eigenvalue weighted by molar-refractivity contribution is 8.27. The quantitative estimate of drug-likeness (QED) is 0.381. The van der Waals surface area contributed by atoms with Gasteiger partial charge in [-0.05, 0) is 55.2 Å². The topological polar surface area (TPSA) is 31.2 Å². The standard InChI is InChI=1S/C23H16Cl2N4S2/c1-14-7-9-15(10-8-14)21-27-29-22(31-21)26-20(18-12-11-16(24)13-19(18)25)28(23(29)30)17-5-3-2-4-6-17/h2-13,20H,1H3/t20-/m0/s1. The second-order valence-electron chi connectivity index (χ2n) is 7.12. The van der Waals surface area contributed by atoms with Crippen LogP contribution in [-0.2, 0) is 0 Å². The molecule has 2 heterocycles. The molecule has 3 aromatic carbocycles. The normalized spacial score (nSPS) is 18.0. The lowest BCUT2D eigenvalue weighted by Crippen LogP contribution is -2.47. The zero-order valence-electron chi connectivity index (χ0n) is 16.4. The van der Waals surface area contributed by atoms with Gasteiger partial charge in [-0.15, -0.1) is 0 Å². The Hall–Kier alpha value is -2.38. The lowest BCUT2D eigenvalue weighted by Gasteiger charge is -2.38. The summed E-state index contributed by atoms with van der Waals surface area (Å²) in [7, 11) is 0. The number of thioether (sulfide) groups is 1. The molecular weight excluding hydrogens is 467 g/mol. The van der Waals surface area contributed by atoms with Gasteiger partial charge in [-0.1, -0.05) is 77.3 Å². The zero-order valence-corrected chi connectivity index (χ0v) is 19.5. The van der Waals surface area contributed by atoms with E-state index in [1.807, 2.05) is 47.4 Å². The molecule has 0 radical (unpaired) electrons. The van der Waals surface area contributed by atoms with E-state index >= 15 is 0 Å². The van der Waals surface area contributed by atoms with Gasteiger partial charge in [0.05, 0.1) is 0 Å². The number of anilines is 1. The van der Waals surface area contributed by atoms with Crippen LogP contribution in [0.15, 0.2) is 82.9 Å². The van der Waals surface area contributed by atoms with E-state index in [-0.39, 0.29) is 0 Å². The molecule has 0 spiro atoms. The summed E-state index contributed by atoms with van der Waals surface area (Å²) in [5.74, 6) is 0. The van der Waals surface area contributed by atoms with Gasteiger partial charge in [0.2, 0.25) is 5.11 Å². The van der Waals surface area contributed by atoms with Gasteiger partial charge in [-0.2, -0.15) is 10.1 Å². The van der Waals surface area contributed by atoms with Crippen molar-refractivity contribution in [2.24, 2.45) is 10.1 Å². The SMILES string of the molecule is Cc1ccc(C2=NN3C(=S)N(c4ccccc4)[C@@H](c4ccc(Cl)cc4Cl)N=C3S2)cc1. The molecule has 0 unspecified atom stereocenters. The van der Waals surface area contributed by atoms with E-state index in [2.05, 4.69) is 31.2 Å². The van der Waals surface area contributed by atoms with Crippen LogP contribution in [0.2, 0.25) is 10.0 Å². The Bertz CT molecular complexity index is 1230. The second-order valence-corrected chi connectivity index (χ2v) is 9.29. The van der Waals surface area contributed by atoms with E-state index in [9.17, 15) is 0 Å². The van der Waals surface area contributed by atoms with E-state index in [1.54, 1.807) is 11.1 Å². The molecule has 2 aliphatic heterocycles. The molecule has 0 aliphatic carbocycles. The zero-order chi connectivity index (χ0) is 21.5. The molecule has 154 valence electrons. The molecule has 0 saturated carbocycles. The first kappa shape index (κ1) is 20.5. The molecule has 1 atom stereocenters. The summed E-state index contributed by atoms with van der Waals surface area (Å²) in [6, 6.07) is 23.6. The van der Waals surface area contributed by atoms with Crippen LogP contribution in [0.4, 0.5) is 5.69 Å². The third kappa shape index (κ3) is 3.85. The molecule has 31 heavy (non-hydrogen) atoms. The first-order valence-electron chi connectivity index (χ1n) is 9.56. The van der Waals surface area contributed by atoms with Gasteiger partial charge >= 0.3 is 0 Å². The summed E-state index contributed by atoms with van der Waals surface area (Å²) in [4.78, 5) is 6.98. The fraction of sp³-hybridized carbons (Fsp3) is 0.0870. The van der Waals surface area contributed by atoms with Crippen LogP contribution in [-0.4, -0.2) is 20.3 Å². The van der Waals surface area contributed by atoms with E-state index in [4.69, 9.17) is 45.5 Å². The summed E-state index contributed by atoms with van der Waals surface area (Å²) in [6.45, 7) is 2.06. The maximum atomic E-state index is 6.57. The Kier molecular flexibility index (Phi) is 5.48. The molecule has 0 fully saturated rings. The van der Waals surface area contributed by atoms with Crippen molar-refractivity contribution in [1.82, 2.24) is 5.01 Å². The van der Waals surface area contributed by atoms with Crippen LogP contribution < -0.4 is 4.90 Å². The van der Waals surface area contributed by atoms with Crippen molar-refractivity contribution in [3.63, 3.8) is 0 Å². The van der Waals surface area contributed by atoms with Gasteiger partial charge in [0.1, 0.15) is 5.04 Å². The van der Waals surface area contributed by atoms with E-state index in [0.29, 0.717) is 15.2 Å². The Morgan fingerprint density at radius 3 is 2.42 bits per heavy atom. The number of rotatable bonds is 3. The third-order valence-corrected chi connectivity index (χ3v) is 6.90. The number of amidine groups is 1. The van der Waals surface area contributed by atoms with Crippen molar-refractivity contribution in [3.8, 4) is 0 Å². The highest BCUT2D eigenvalue weighted by Crippen LogP contribution is 2.41. The second kappa shape index (κ2) is 8.28. The molecule has 0 N–H and O–H groups in total. The fourth-order valence-corrected chi connectivity index (χ4v) is 5.24. The van der Waals surface area contributed by atoms with Gasteiger partial charge in [0.15, 0.2) is 11.3 Å². The largest absolute Gasteiger partial charge is 0.290 e. The van der Waals surface area contributed by atoms with E-state index < -0.39 is 6.17 Å². The maximum absolute atomic E-state index is 6.57. The van der Waals surface area contributed by atoms with Crippen molar-refractivity contribution in [1.29, 1.82) is 0 Å². The Balaban J connectivity index is 1.61. The van der Waals surface area contributed by atoms with E-state index in [1.165, 1.54) is 17.3 Å². The average molecular weight is 483 g/mol. The molecule has 3 aromatic rings. The molecule has 0 bridgehead atoms. The van der Waals surface area contributed by atoms with Crippen LogP contribution in [0.25, 0.3) is 0 Å². The third-order valence-electron chi connectivity index (χ3n) is 5.00. The number of hydrogen-bond donors (Lipinski definition) is 0. The molecule has 8 heteroatoms. The summed E-state index contributed by atoms with van der Waals surface area (Å²) in [6.07, 6.45) is -0.425. The predicted octanol–water partition coefficient (Wildman–Crippen LogP) is 6.87. The van der Waals surface area contributed by atoms with Crippen LogP contribution in [0.5, 0.6) is 0 Å². The molecule has 0 aromatic heterocycles. The number of hydrogen-bond acceptors (Lipinski definition) is 4. The fourth-order valence-electron chi connectivity index (χ4n) is 3.43. The minimum Gasteiger partial charge on any atom is -0.290 e. The monoisotopic (exact) mass is 482 g/mol. The Labute approximate surface area is 200 Å². The molecule has 4 nitrogen and oxygen atoms in total. The van der Waals surface area contributed by atoms with Gasteiger partial charge in [0, 0.05) is 26.9 Å². The number of para-hydroxylation sites is 1. The van der Waals surface area contributed by atoms with Crippen molar-refractivity contribution in [2.75, 3.05) is 4.90 Å². The number of aliphatic imine (C=N–C) groups is 1. The number of fused-ring (bicyclic) bond motifs is 1. The maximum Gasteiger partial charge on any atom is 0.205 e. The lowest BCUT2D eigenvalue weighted by atomic mass is 10.1. The minimum atomic E-state index is -0.425. The first-order chi connectivity index (χ1) is 15.0. The number of thiocarbonyl (C=S) groups is 1. The highest BCUT2D eigenvalue weighted by Gasteiger charge is 2.39. The smallest absolute Gasteiger partial charge is 0.205 e. The van der Waals surface area contributed by atoms with Crippen molar-refractivity contribution in [3.05, 3.63) is 99.5 Å². The Morgan fingerprint density at radius 1 is 0.968 bits per heavy atom. The lowest BCUT2D eigenvalue weighted by molar-refractivity contribution is 0.598. The number of benzene rings is 3.